The summed E-state index contributed by atoms with van der Waals surface area (Å²) in [6.45, 7) is 0.942. The number of carboxylic acid groups (broad SMARTS) is 1. The number of halogens is 1. The minimum atomic E-state index is -0.932. The first kappa shape index (κ1) is 12.3. The van der Waals surface area contributed by atoms with Crippen molar-refractivity contribution >= 4 is 11.7 Å². The fraction of sp³-hybridized carbons (Fsp3) is 0.333. The highest BCUT2D eigenvalue weighted by atomic mass is 19.1. The highest BCUT2D eigenvalue weighted by Crippen LogP contribution is 2.25. The zero-order valence-electron chi connectivity index (χ0n) is 9.53. The number of aliphatic carboxylic acids is 1. The van der Waals surface area contributed by atoms with E-state index in [0.717, 1.165) is 6.07 Å². The van der Waals surface area contributed by atoms with Crippen molar-refractivity contribution < 1.29 is 14.3 Å². The molecule has 0 amide bonds. The van der Waals surface area contributed by atoms with Crippen LogP contribution in [0.1, 0.15) is 12.0 Å². The molecule has 1 saturated heterocycles. The molecule has 6 heteroatoms. The average molecular weight is 249 g/mol. The number of carbonyl (C=O) groups is 1. The van der Waals surface area contributed by atoms with Crippen LogP contribution in [0.15, 0.2) is 18.2 Å². The number of carboxylic acids is 1. The molecule has 0 radical (unpaired) electrons. The number of nitrogens with zero attached hydrogens (tertiary/aromatic N) is 1. The van der Waals surface area contributed by atoms with Gasteiger partial charge in [-0.1, -0.05) is 0 Å². The highest BCUT2D eigenvalue weighted by molar-refractivity contribution is 5.70. The lowest BCUT2D eigenvalue weighted by atomic mass is 9.88. The fourth-order valence-corrected chi connectivity index (χ4v) is 1.95. The van der Waals surface area contributed by atoms with Crippen LogP contribution in [-0.4, -0.2) is 29.7 Å². The molecule has 1 heterocycles. The molecule has 1 fully saturated rings. The first-order valence-corrected chi connectivity index (χ1v) is 5.45. The second-order valence-corrected chi connectivity index (χ2v) is 4.39. The molecule has 1 aliphatic heterocycles. The van der Waals surface area contributed by atoms with Gasteiger partial charge in [0.15, 0.2) is 0 Å². The molecule has 0 unspecified atom stereocenters. The van der Waals surface area contributed by atoms with Crippen LogP contribution in [0.5, 0.6) is 0 Å². The number of benzene rings is 1. The zero-order valence-corrected chi connectivity index (χ0v) is 9.53. The largest absolute Gasteiger partial charge is 0.481 e. The van der Waals surface area contributed by atoms with Gasteiger partial charge in [-0.3, -0.25) is 4.79 Å². The van der Waals surface area contributed by atoms with Gasteiger partial charge in [-0.15, -0.1) is 0 Å². The molecule has 18 heavy (non-hydrogen) atoms. The van der Waals surface area contributed by atoms with E-state index in [1.165, 1.54) is 12.1 Å². The minimum absolute atomic E-state index is 0.0839. The smallest absolute Gasteiger partial charge is 0.305 e. The van der Waals surface area contributed by atoms with Gasteiger partial charge in [0.1, 0.15) is 5.82 Å². The van der Waals surface area contributed by atoms with Crippen molar-refractivity contribution in [3.63, 3.8) is 0 Å². The Hall–Kier alpha value is -2.13. The lowest BCUT2D eigenvalue weighted by Crippen LogP contribution is -2.65. The normalized spacial score (nSPS) is 16.4. The number of hydrogen-bond donors (Lipinski definition) is 3. The van der Waals surface area contributed by atoms with E-state index in [0.29, 0.717) is 13.1 Å². The van der Waals surface area contributed by atoms with Crippen LogP contribution in [0, 0.1) is 17.1 Å². The maximum Gasteiger partial charge on any atom is 0.305 e. The topological polar surface area (TPSA) is 85.2 Å². The Morgan fingerprint density at radius 3 is 2.78 bits per heavy atom. The van der Waals surface area contributed by atoms with Crippen LogP contribution < -0.4 is 10.6 Å². The molecule has 0 aliphatic carbocycles. The lowest BCUT2D eigenvalue weighted by molar-refractivity contribution is -0.138. The maximum atomic E-state index is 13.7. The summed E-state index contributed by atoms with van der Waals surface area (Å²) >= 11 is 0. The third-order valence-corrected chi connectivity index (χ3v) is 2.91. The van der Waals surface area contributed by atoms with Crippen LogP contribution >= 0.6 is 0 Å². The molecule has 0 aromatic heterocycles. The Morgan fingerprint density at radius 2 is 2.33 bits per heavy atom. The molecule has 2 rings (SSSR count). The Morgan fingerprint density at radius 1 is 1.61 bits per heavy atom. The van der Waals surface area contributed by atoms with Gasteiger partial charge in [0.25, 0.3) is 0 Å². The van der Waals surface area contributed by atoms with E-state index in [4.69, 9.17) is 10.4 Å². The van der Waals surface area contributed by atoms with E-state index in [1.807, 2.05) is 6.07 Å². The number of anilines is 1. The maximum absolute atomic E-state index is 13.7. The quantitative estimate of drug-likeness (QED) is 0.739. The van der Waals surface area contributed by atoms with Crippen molar-refractivity contribution in [2.45, 2.75) is 12.0 Å². The van der Waals surface area contributed by atoms with Gasteiger partial charge in [-0.2, -0.15) is 5.26 Å². The molecule has 1 aliphatic rings. The van der Waals surface area contributed by atoms with E-state index in [2.05, 4.69) is 10.6 Å². The summed E-state index contributed by atoms with van der Waals surface area (Å²) in [5.74, 6) is -1.48. The van der Waals surface area contributed by atoms with E-state index in [-0.39, 0.29) is 17.7 Å². The Balaban J connectivity index is 2.18. The van der Waals surface area contributed by atoms with Crippen molar-refractivity contribution in [3.05, 3.63) is 29.6 Å². The molecule has 0 spiro atoms. The highest BCUT2D eigenvalue weighted by Gasteiger charge is 2.39. The monoisotopic (exact) mass is 249 g/mol. The molecule has 0 saturated carbocycles. The van der Waals surface area contributed by atoms with Crippen molar-refractivity contribution in [2.75, 3.05) is 18.4 Å². The second-order valence-electron chi connectivity index (χ2n) is 4.39. The van der Waals surface area contributed by atoms with Crippen LogP contribution in [-0.2, 0) is 4.79 Å². The number of nitrogens with one attached hydrogen (secondary N) is 2. The minimum Gasteiger partial charge on any atom is -0.481 e. The standard InChI is InChI=1S/C12H12FN3O2/c13-9-3-8(5-14)1-2-10(9)16-12(4-11(17)18)6-15-7-12/h1-3,15-16H,4,6-7H2,(H,17,18). The van der Waals surface area contributed by atoms with Crippen LogP contribution in [0.4, 0.5) is 10.1 Å². The number of rotatable bonds is 4. The number of nitriles is 1. The van der Waals surface area contributed by atoms with Gasteiger partial charge in [-0.25, -0.2) is 4.39 Å². The molecule has 1 aromatic rings. The molecular weight excluding hydrogens is 237 g/mol. The second kappa shape index (κ2) is 4.63. The van der Waals surface area contributed by atoms with Gasteiger partial charge in [0, 0.05) is 13.1 Å². The van der Waals surface area contributed by atoms with Gasteiger partial charge in [0.05, 0.1) is 29.3 Å². The molecule has 0 atom stereocenters. The van der Waals surface area contributed by atoms with E-state index < -0.39 is 17.3 Å². The lowest BCUT2D eigenvalue weighted by Gasteiger charge is -2.43. The van der Waals surface area contributed by atoms with Crippen molar-refractivity contribution in [1.82, 2.24) is 5.32 Å². The van der Waals surface area contributed by atoms with Crippen LogP contribution in [0.25, 0.3) is 0 Å². The SMILES string of the molecule is N#Cc1ccc(NC2(CC(=O)O)CNC2)c(F)c1. The average Bonchev–Trinajstić information content (AvgIpc) is 2.28. The molecule has 1 aromatic carbocycles. The van der Waals surface area contributed by atoms with Crippen molar-refractivity contribution in [3.8, 4) is 6.07 Å². The predicted molar refractivity (Wildman–Crippen MR) is 62.6 cm³/mol. The first-order valence-electron chi connectivity index (χ1n) is 5.45. The summed E-state index contributed by atoms with van der Waals surface area (Å²) in [5.41, 5.74) is -0.199. The van der Waals surface area contributed by atoms with E-state index in [1.54, 1.807) is 0 Å². The predicted octanol–water partition coefficient (Wildman–Crippen LogP) is 0.926. The summed E-state index contributed by atoms with van der Waals surface area (Å²) in [6.07, 6.45) is -0.0839. The van der Waals surface area contributed by atoms with Crippen LogP contribution in [0.3, 0.4) is 0 Å². The molecular formula is C12H12FN3O2. The van der Waals surface area contributed by atoms with Gasteiger partial charge in [0.2, 0.25) is 0 Å². The van der Waals surface area contributed by atoms with E-state index in [9.17, 15) is 9.18 Å². The van der Waals surface area contributed by atoms with Crippen molar-refractivity contribution in [2.24, 2.45) is 0 Å². The third-order valence-electron chi connectivity index (χ3n) is 2.91. The summed E-state index contributed by atoms with van der Waals surface area (Å²) in [7, 11) is 0. The summed E-state index contributed by atoms with van der Waals surface area (Å²) in [5, 5.41) is 23.4. The summed E-state index contributed by atoms with van der Waals surface area (Å²) in [6, 6.07) is 5.92. The Labute approximate surface area is 103 Å². The molecule has 5 nitrogen and oxygen atoms in total. The van der Waals surface area contributed by atoms with Gasteiger partial charge < -0.3 is 15.7 Å². The first-order chi connectivity index (χ1) is 8.54. The third kappa shape index (κ3) is 2.41. The summed E-state index contributed by atoms with van der Waals surface area (Å²) < 4.78 is 13.7. The summed E-state index contributed by atoms with van der Waals surface area (Å²) in [4.78, 5) is 10.8. The number of hydrogen-bond acceptors (Lipinski definition) is 4. The van der Waals surface area contributed by atoms with Gasteiger partial charge in [-0.05, 0) is 18.2 Å². The van der Waals surface area contributed by atoms with E-state index >= 15 is 0 Å². The zero-order chi connectivity index (χ0) is 13.2. The van der Waals surface area contributed by atoms with Crippen LogP contribution in [0.2, 0.25) is 0 Å². The molecule has 3 N–H and O–H groups in total. The van der Waals surface area contributed by atoms with Gasteiger partial charge >= 0.3 is 5.97 Å². The fourth-order valence-electron chi connectivity index (χ4n) is 1.95. The van der Waals surface area contributed by atoms with Crippen molar-refractivity contribution in [1.29, 1.82) is 5.26 Å². The molecule has 0 bridgehead atoms. The molecule has 94 valence electrons. The Bertz CT molecular complexity index is 521. The Kier molecular flexibility index (Phi) is 3.17.